The van der Waals surface area contributed by atoms with E-state index in [4.69, 9.17) is 11.1 Å². The third kappa shape index (κ3) is 8.24. The summed E-state index contributed by atoms with van der Waals surface area (Å²) in [4.78, 5) is 0. The first-order chi connectivity index (χ1) is 6.29. The molecule has 0 radical (unpaired) electrons. The van der Waals surface area contributed by atoms with Gasteiger partial charge in [0.05, 0.1) is 5.84 Å². The number of nitrogens with two attached hydrogens (primary N) is 1. The molecule has 0 saturated heterocycles. The molecule has 0 aliphatic rings. The molecule has 1 aromatic carbocycles. The van der Waals surface area contributed by atoms with Crippen LogP contribution >= 0.6 is 24.8 Å². The van der Waals surface area contributed by atoms with Gasteiger partial charge in [0.1, 0.15) is 0 Å². The van der Waals surface area contributed by atoms with E-state index in [2.05, 4.69) is 17.4 Å². The predicted molar refractivity (Wildman–Crippen MR) is 69.2 cm³/mol. The molecule has 0 heterocycles. The number of halogens is 2. The highest BCUT2D eigenvalue weighted by Crippen LogP contribution is 1.96. The maximum atomic E-state index is 7.02. The Bertz CT molecular complexity index is 265. The first-order valence-corrected chi connectivity index (χ1v) is 4.36. The van der Waals surface area contributed by atoms with Crippen LogP contribution in [0.15, 0.2) is 30.3 Å². The number of rotatable bonds is 5. The summed E-state index contributed by atoms with van der Waals surface area (Å²) < 4.78 is 0. The standard InChI is InChI=1S/C10H15N3.2ClH/c11-10(12)6-7-13-8-9-4-2-1-3-5-9;;/h1-5,13H,6-8H2,(H3,11,12);2*1H. The molecule has 0 amide bonds. The zero-order chi connectivity index (χ0) is 9.52. The molecule has 1 aromatic rings. The second-order valence-electron chi connectivity index (χ2n) is 2.94. The fourth-order valence-electron chi connectivity index (χ4n) is 1.05. The van der Waals surface area contributed by atoms with Crippen molar-refractivity contribution in [3.05, 3.63) is 35.9 Å². The summed E-state index contributed by atoms with van der Waals surface area (Å²) >= 11 is 0. The van der Waals surface area contributed by atoms with Crippen molar-refractivity contribution in [3.8, 4) is 0 Å². The van der Waals surface area contributed by atoms with E-state index >= 15 is 0 Å². The second kappa shape index (κ2) is 9.77. The Morgan fingerprint density at radius 1 is 1.20 bits per heavy atom. The van der Waals surface area contributed by atoms with Crippen molar-refractivity contribution in [1.29, 1.82) is 5.41 Å². The molecule has 0 spiro atoms. The lowest BCUT2D eigenvalue weighted by atomic mass is 10.2. The summed E-state index contributed by atoms with van der Waals surface area (Å²) in [7, 11) is 0. The quantitative estimate of drug-likeness (QED) is 0.425. The fourth-order valence-corrected chi connectivity index (χ4v) is 1.05. The van der Waals surface area contributed by atoms with E-state index in [9.17, 15) is 0 Å². The minimum atomic E-state index is 0. The van der Waals surface area contributed by atoms with Crippen molar-refractivity contribution in [2.24, 2.45) is 5.73 Å². The Morgan fingerprint density at radius 2 is 1.80 bits per heavy atom. The van der Waals surface area contributed by atoms with Crippen molar-refractivity contribution in [1.82, 2.24) is 5.32 Å². The molecule has 0 unspecified atom stereocenters. The van der Waals surface area contributed by atoms with Gasteiger partial charge < -0.3 is 11.1 Å². The Hall–Kier alpha value is -0.770. The lowest BCUT2D eigenvalue weighted by Gasteiger charge is -2.03. The highest BCUT2D eigenvalue weighted by atomic mass is 35.5. The summed E-state index contributed by atoms with van der Waals surface area (Å²) in [6.45, 7) is 1.61. The van der Waals surface area contributed by atoms with Crippen LogP contribution in [0.5, 0.6) is 0 Å². The van der Waals surface area contributed by atoms with Crippen LogP contribution < -0.4 is 11.1 Å². The van der Waals surface area contributed by atoms with Gasteiger partial charge in [-0.25, -0.2) is 0 Å². The van der Waals surface area contributed by atoms with Crippen LogP contribution in [0.3, 0.4) is 0 Å². The third-order valence-corrected chi connectivity index (χ3v) is 1.74. The highest BCUT2D eigenvalue weighted by Gasteiger charge is 1.91. The van der Waals surface area contributed by atoms with E-state index in [1.54, 1.807) is 0 Å². The number of nitrogens with one attached hydrogen (secondary N) is 2. The summed E-state index contributed by atoms with van der Waals surface area (Å²) in [5.41, 5.74) is 6.47. The van der Waals surface area contributed by atoms with Gasteiger partial charge in [-0.05, 0) is 5.56 Å². The zero-order valence-electron chi connectivity index (χ0n) is 8.40. The molecule has 0 aliphatic carbocycles. The number of hydrogen-bond acceptors (Lipinski definition) is 2. The Kier molecular flexibility index (Phi) is 10.8. The Balaban J connectivity index is 0. The molecule has 0 aliphatic heterocycles. The molecule has 0 bridgehead atoms. The monoisotopic (exact) mass is 249 g/mol. The first-order valence-electron chi connectivity index (χ1n) is 4.36. The first kappa shape index (κ1) is 16.7. The van der Waals surface area contributed by atoms with Crippen LogP contribution in [-0.4, -0.2) is 12.4 Å². The molecule has 0 aromatic heterocycles. The maximum absolute atomic E-state index is 7.02. The third-order valence-electron chi connectivity index (χ3n) is 1.74. The van der Waals surface area contributed by atoms with Gasteiger partial charge in [0.25, 0.3) is 0 Å². The van der Waals surface area contributed by atoms with E-state index in [0.717, 1.165) is 13.1 Å². The van der Waals surface area contributed by atoms with Gasteiger partial charge >= 0.3 is 0 Å². The molecular formula is C10H17Cl2N3. The lowest BCUT2D eigenvalue weighted by Crippen LogP contribution is -2.21. The van der Waals surface area contributed by atoms with E-state index < -0.39 is 0 Å². The molecule has 86 valence electrons. The van der Waals surface area contributed by atoms with Crippen LogP contribution in [0.2, 0.25) is 0 Å². The summed E-state index contributed by atoms with van der Waals surface area (Å²) in [5, 5.41) is 10.2. The largest absolute Gasteiger partial charge is 0.388 e. The molecule has 0 saturated carbocycles. The van der Waals surface area contributed by atoms with E-state index in [1.165, 1.54) is 5.56 Å². The van der Waals surface area contributed by atoms with Gasteiger partial charge in [0.15, 0.2) is 0 Å². The Morgan fingerprint density at radius 3 is 2.33 bits per heavy atom. The van der Waals surface area contributed by atoms with Gasteiger partial charge in [-0.1, -0.05) is 30.3 Å². The second-order valence-corrected chi connectivity index (χ2v) is 2.94. The van der Waals surface area contributed by atoms with Crippen molar-refractivity contribution >= 4 is 30.6 Å². The van der Waals surface area contributed by atoms with Crippen LogP contribution in [-0.2, 0) is 6.54 Å². The summed E-state index contributed by atoms with van der Waals surface area (Å²) in [6.07, 6.45) is 0.618. The lowest BCUT2D eigenvalue weighted by molar-refractivity contribution is 0.702. The van der Waals surface area contributed by atoms with Gasteiger partial charge in [-0.2, -0.15) is 0 Å². The summed E-state index contributed by atoms with van der Waals surface area (Å²) in [6, 6.07) is 10.2. The van der Waals surface area contributed by atoms with E-state index in [1.807, 2.05) is 18.2 Å². The van der Waals surface area contributed by atoms with Crippen LogP contribution in [0.25, 0.3) is 0 Å². The van der Waals surface area contributed by atoms with Gasteiger partial charge in [0.2, 0.25) is 0 Å². The predicted octanol–water partition coefficient (Wildman–Crippen LogP) is 1.95. The molecular weight excluding hydrogens is 233 g/mol. The van der Waals surface area contributed by atoms with Crippen molar-refractivity contribution in [2.45, 2.75) is 13.0 Å². The smallest absolute Gasteiger partial charge is 0.0918 e. The zero-order valence-corrected chi connectivity index (χ0v) is 10.0. The molecule has 15 heavy (non-hydrogen) atoms. The SMILES string of the molecule is Cl.Cl.N=C(N)CCNCc1ccccc1. The average Bonchev–Trinajstić information content (AvgIpc) is 2.14. The van der Waals surface area contributed by atoms with Crippen LogP contribution in [0.4, 0.5) is 0 Å². The normalized spacial score (nSPS) is 8.53. The molecule has 4 N–H and O–H groups in total. The van der Waals surface area contributed by atoms with Gasteiger partial charge in [-0.3, -0.25) is 5.41 Å². The Labute approximate surface area is 103 Å². The number of benzene rings is 1. The molecule has 0 atom stereocenters. The molecule has 5 heteroatoms. The fraction of sp³-hybridized carbons (Fsp3) is 0.300. The van der Waals surface area contributed by atoms with Crippen LogP contribution in [0.1, 0.15) is 12.0 Å². The van der Waals surface area contributed by atoms with Crippen molar-refractivity contribution < 1.29 is 0 Å². The average molecular weight is 250 g/mol. The van der Waals surface area contributed by atoms with Crippen molar-refractivity contribution in [3.63, 3.8) is 0 Å². The topological polar surface area (TPSA) is 61.9 Å². The number of hydrogen-bond donors (Lipinski definition) is 3. The minimum absolute atomic E-state index is 0. The minimum Gasteiger partial charge on any atom is -0.388 e. The van der Waals surface area contributed by atoms with E-state index in [-0.39, 0.29) is 30.6 Å². The maximum Gasteiger partial charge on any atom is 0.0918 e. The van der Waals surface area contributed by atoms with Gasteiger partial charge in [0, 0.05) is 19.5 Å². The van der Waals surface area contributed by atoms with Crippen molar-refractivity contribution in [2.75, 3.05) is 6.54 Å². The molecule has 1 rings (SSSR count). The van der Waals surface area contributed by atoms with E-state index in [0.29, 0.717) is 6.42 Å². The highest BCUT2D eigenvalue weighted by molar-refractivity contribution is 5.85. The molecule has 3 nitrogen and oxygen atoms in total. The molecule has 0 fully saturated rings. The van der Waals surface area contributed by atoms with Crippen LogP contribution in [0, 0.1) is 5.41 Å². The number of amidine groups is 1. The van der Waals surface area contributed by atoms with Gasteiger partial charge in [-0.15, -0.1) is 24.8 Å². The summed E-state index contributed by atoms with van der Waals surface area (Å²) in [5.74, 6) is 0.237.